The standard InChI is InChI=1S/C14H18F3N3O/c1-8-2-4-9(5-3-8)21-13-10(12(18)19)6-7-11(20-13)14(15,16)17/h6-9H,2-5H2,1H3,(H3,18,19). The number of amidine groups is 1. The quantitative estimate of drug-likeness (QED) is 0.664. The molecule has 3 N–H and O–H groups in total. The van der Waals surface area contributed by atoms with Gasteiger partial charge in [-0.3, -0.25) is 5.41 Å². The van der Waals surface area contributed by atoms with Crippen molar-refractivity contribution in [1.29, 1.82) is 5.41 Å². The van der Waals surface area contributed by atoms with E-state index in [4.69, 9.17) is 15.9 Å². The van der Waals surface area contributed by atoms with Crippen LogP contribution in [0.1, 0.15) is 43.9 Å². The molecule has 1 saturated carbocycles. The molecule has 7 heteroatoms. The van der Waals surface area contributed by atoms with Gasteiger partial charge in [0.05, 0.1) is 5.56 Å². The number of ether oxygens (including phenoxy) is 1. The van der Waals surface area contributed by atoms with E-state index in [-0.39, 0.29) is 23.4 Å². The van der Waals surface area contributed by atoms with Gasteiger partial charge in [-0.25, -0.2) is 4.98 Å². The maximum atomic E-state index is 12.7. The molecule has 0 radical (unpaired) electrons. The monoisotopic (exact) mass is 301 g/mol. The van der Waals surface area contributed by atoms with Crippen LogP contribution in [0.3, 0.4) is 0 Å². The number of pyridine rings is 1. The lowest BCUT2D eigenvalue weighted by atomic mass is 9.89. The molecular formula is C14H18F3N3O. The fraction of sp³-hybridized carbons (Fsp3) is 0.571. The zero-order chi connectivity index (χ0) is 15.6. The molecule has 1 heterocycles. The highest BCUT2D eigenvalue weighted by Gasteiger charge is 2.34. The van der Waals surface area contributed by atoms with Crippen LogP contribution >= 0.6 is 0 Å². The Morgan fingerprint density at radius 1 is 1.29 bits per heavy atom. The summed E-state index contributed by atoms with van der Waals surface area (Å²) >= 11 is 0. The van der Waals surface area contributed by atoms with Crippen molar-refractivity contribution in [2.75, 3.05) is 0 Å². The van der Waals surface area contributed by atoms with Gasteiger partial charge < -0.3 is 10.5 Å². The smallest absolute Gasteiger partial charge is 0.433 e. The normalized spacial score (nSPS) is 22.9. The lowest BCUT2D eigenvalue weighted by Crippen LogP contribution is -2.26. The third-order valence-corrected chi connectivity index (χ3v) is 3.68. The second-order valence-electron chi connectivity index (χ2n) is 5.46. The maximum absolute atomic E-state index is 12.7. The molecule has 116 valence electrons. The Morgan fingerprint density at radius 2 is 1.90 bits per heavy atom. The third-order valence-electron chi connectivity index (χ3n) is 3.68. The molecule has 0 atom stereocenters. The molecule has 0 aromatic carbocycles. The number of alkyl halides is 3. The second kappa shape index (κ2) is 5.91. The summed E-state index contributed by atoms with van der Waals surface area (Å²) in [5.41, 5.74) is 4.45. The van der Waals surface area contributed by atoms with Crippen molar-refractivity contribution in [2.24, 2.45) is 11.7 Å². The van der Waals surface area contributed by atoms with Crippen LogP contribution in [-0.4, -0.2) is 16.9 Å². The summed E-state index contributed by atoms with van der Waals surface area (Å²) in [6.07, 6.45) is -1.23. The molecule has 0 spiro atoms. The van der Waals surface area contributed by atoms with Gasteiger partial charge in [0.1, 0.15) is 17.6 Å². The summed E-state index contributed by atoms with van der Waals surface area (Å²) in [7, 11) is 0. The molecule has 0 unspecified atom stereocenters. The Morgan fingerprint density at radius 3 is 2.43 bits per heavy atom. The topological polar surface area (TPSA) is 72.0 Å². The van der Waals surface area contributed by atoms with E-state index in [1.54, 1.807) is 0 Å². The van der Waals surface area contributed by atoms with Crippen LogP contribution in [0, 0.1) is 11.3 Å². The first-order valence-electron chi connectivity index (χ1n) is 6.86. The molecule has 0 aliphatic heterocycles. The average molecular weight is 301 g/mol. The van der Waals surface area contributed by atoms with Crippen molar-refractivity contribution in [1.82, 2.24) is 4.98 Å². The van der Waals surface area contributed by atoms with Gasteiger partial charge in [-0.2, -0.15) is 13.2 Å². The van der Waals surface area contributed by atoms with E-state index >= 15 is 0 Å². The van der Waals surface area contributed by atoms with E-state index in [9.17, 15) is 13.2 Å². The molecule has 0 amide bonds. The van der Waals surface area contributed by atoms with E-state index in [1.807, 2.05) is 0 Å². The van der Waals surface area contributed by atoms with Crippen molar-refractivity contribution in [3.05, 3.63) is 23.4 Å². The first kappa shape index (κ1) is 15.6. The number of rotatable bonds is 3. The molecule has 21 heavy (non-hydrogen) atoms. The molecule has 4 nitrogen and oxygen atoms in total. The van der Waals surface area contributed by atoms with Crippen LogP contribution in [0.5, 0.6) is 5.88 Å². The Kier molecular flexibility index (Phi) is 4.39. The maximum Gasteiger partial charge on any atom is 0.433 e. The van der Waals surface area contributed by atoms with Crippen LogP contribution in [0.2, 0.25) is 0 Å². The zero-order valence-electron chi connectivity index (χ0n) is 11.7. The van der Waals surface area contributed by atoms with Crippen LogP contribution in [0.15, 0.2) is 12.1 Å². The van der Waals surface area contributed by atoms with Gasteiger partial charge in [0.25, 0.3) is 0 Å². The Labute approximate surface area is 121 Å². The van der Waals surface area contributed by atoms with Crippen LogP contribution < -0.4 is 10.5 Å². The average Bonchev–Trinajstić information content (AvgIpc) is 2.40. The van der Waals surface area contributed by atoms with Crippen molar-refractivity contribution >= 4 is 5.84 Å². The number of hydrogen-bond donors (Lipinski definition) is 2. The molecule has 1 aromatic heterocycles. The molecular weight excluding hydrogens is 283 g/mol. The fourth-order valence-electron chi connectivity index (χ4n) is 2.40. The number of nitrogen functional groups attached to an aromatic ring is 1. The minimum absolute atomic E-state index is 0.0987. The summed E-state index contributed by atoms with van der Waals surface area (Å²) in [4.78, 5) is 3.51. The Balaban J connectivity index is 2.24. The lowest BCUT2D eigenvalue weighted by molar-refractivity contribution is -0.141. The summed E-state index contributed by atoms with van der Waals surface area (Å²) in [5.74, 6) is 0.0545. The largest absolute Gasteiger partial charge is 0.474 e. The summed E-state index contributed by atoms with van der Waals surface area (Å²) in [6, 6.07) is 1.95. The highest BCUT2D eigenvalue weighted by Crippen LogP contribution is 2.32. The van der Waals surface area contributed by atoms with Gasteiger partial charge >= 0.3 is 6.18 Å². The van der Waals surface area contributed by atoms with Crippen molar-refractivity contribution in [3.63, 3.8) is 0 Å². The highest BCUT2D eigenvalue weighted by atomic mass is 19.4. The minimum Gasteiger partial charge on any atom is -0.474 e. The summed E-state index contributed by atoms with van der Waals surface area (Å²) in [6.45, 7) is 2.14. The number of nitrogens with two attached hydrogens (primary N) is 1. The van der Waals surface area contributed by atoms with Crippen LogP contribution in [0.4, 0.5) is 13.2 Å². The Bertz CT molecular complexity index is 523. The number of nitrogens with one attached hydrogen (secondary N) is 1. The third kappa shape index (κ3) is 3.86. The second-order valence-corrected chi connectivity index (χ2v) is 5.46. The van der Waals surface area contributed by atoms with E-state index in [1.165, 1.54) is 0 Å². The first-order valence-corrected chi connectivity index (χ1v) is 6.86. The molecule has 0 saturated heterocycles. The predicted molar refractivity (Wildman–Crippen MR) is 72.3 cm³/mol. The van der Waals surface area contributed by atoms with Crippen molar-refractivity contribution in [2.45, 2.75) is 44.9 Å². The van der Waals surface area contributed by atoms with Crippen LogP contribution in [-0.2, 0) is 6.18 Å². The number of hydrogen-bond acceptors (Lipinski definition) is 3. The van der Waals surface area contributed by atoms with Gasteiger partial charge in [-0.05, 0) is 43.7 Å². The van der Waals surface area contributed by atoms with E-state index in [2.05, 4.69) is 11.9 Å². The van der Waals surface area contributed by atoms with Gasteiger partial charge in [0, 0.05) is 0 Å². The zero-order valence-corrected chi connectivity index (χ0v) is 11.7. The number of aromatic nitrogens is 1. The van der Waals surface area contributed by atoms with Gasteiger partial charge in [-0.15, -0.1) is 0 Å². The molecule has 0 bridgehead atoms. The summed E-state index contributed by atoms with van der Waals surface area (Å²) in [5, 5.41) is 7.43. The van der Waals surface area contributed by atoms with Gasteiger partial charge in [0.15, 0.2) is 0 Å². The molecule has 1 aromatic rings. The highest BCUT2D eigenvalue weighted by molar-refractivity contribution is 5.97. The van der Waals surface area contributed by atoms with Crippen molar-refractivity contribution < 1.29 is 17.9 Å². The Hall–Kier alpha value is -1.79. The first-order chi connectivity index (χ1) is 9.77. The lowest BCUT2D eigenvalue weighted by Gasteiger charge is -2.27. The molecule has 1 aliphatic rings. The molecule has 2 rings (SSSR count). The van der Waals surface area contributed by atoms with Crippen molar-refractivity contribution in [3.8, 4) is 5.88 Å². The van der Waals surface area contributed by atoms with E-state index < -0.39 is 11.9 Å². The molecule has 1 aliphatic carbocycles. The minimum atomic E-state index is -4.55. The molecule has 1 fully saturated rings. The predicted octanol–water partition coefficient (Wildman–Crippen LogP) is 3.34. The number of nitrogens with zero attached hydrogens (tertiary/aromatic N) is 1. The van der Waals surface area contributed by atoms with E-state index in [0.29, 0.717) is 5.92 Å². The van der Waals surface area contributed by atoms with Gasteiger partial charge in [0.2, 0.25) is 5.88 Å². The summed E-state index contributed by atoms with van der Waals surface area (Å²) < 4.78 is 43.8. The SMILES string of the molecule is CC1CCC(Oc2nc(C(F)(F)F)ccc2C(=N)N)CC1. The van der Waals surface area contributed by atoms with E-state index in [0.717, 1.165) is 37.8 Å². The van der Waals surface area contributed by atoms with Crippen LogP contribution in [0.25, 0.3) is 0 Å². The fourth-order valence-corrected chi connectivity index (χ4v) is 2.40. The van der Waals surface area contributed by atoms with Gasteiger partial charge in [-0.1, -0.05) is 6.92 Å². The number of halogens is 3.